The summed E-state index contributed by atoms with van der Waals surface area (Å²) in [6.07, 6.45) is 1.24. The average Bonchev–Trinajstić information content (AvgIpc) is 2.26. The topological polar surface area (TPSA) is 24.5 Å². The fourth-order valence-electron chi connectivity index (χ4n) is 2.61. The molecule has 1 fully saturated rings. The lowest BCUT2D eigenvalue weighted by Crippen LogP contribution is -2.49. The summed E-state index contributed by atoms with van der Waals surface area (Å²) in [4.78, 5) is 2.64. The van der Waals surface area contributed by atoms with Crippen molar-refractivity contribution in [1.82, 2.24) is 10.2 Å². The normalized spacial score (nSPS) is 30.0. The highest BCUT2D eigenvalue weighted by Gasteiger charge is 2.25. The summed E-state index contributed by atoms with van der Waals surface area (Å²) < 4.78 is 5.40. The molecule has 0 aliphatic carbocycles. The number of nitrogens with zero attached hydrogens (tertiary/aromatic N) is 1. The molecule has 0 amide bonds. The van der Waals surface area contributed by atoms with Crippen LogP contribution in [0.4, 0.5) is 0 Å². The average molecular weight is 242 g/mol. The van der Waals surface area contributed by atoms with Gasteiger partial charge in [-0.3, -0.25) is 4.90 Å². The summed E-state index contributed by atoms with van der Waals surface area (Å²) >= 11 is 0. The van der Waals surface area contributed by atoms with Crippen LogP contribution < -0.4 is 5.32 Å². The van der Waals surface area contributed by atoms with Crippen molar-refractivity contribution in [3.05, 3.63) is 0 Å². The van der Waals surface area contributed by atoms with E-state index in [1.165, 1.54) is 19.5 Å². The smallest absolute Gasteiger partial charge is 0.0620 e. The highest BCUT2D eigenvalue weighted by atomic mass is 16.5. The molecule has 0 aromatic heterocycles. The second-order valence-corrected chi connectivity index (χ2v) is 5.96. The third kappa shape index (κ3) is 4.94. The quantitative estimate of drug-likeness (QED) is 0.816. The Morgan fingerprint density at radius 3 is 2.65 bits per heavy atom. The van der Waals surface area contributed by atoms with Crippen LogP contribution in [0, 0.1) is 11.8 Å². The van der Waals surface area contributed by atoms with E-state index in [-0.39, 0.29) is 0 Å². The summed E-state index contributed by atoms with van der Waals surface area (Å²) in [6.45, 7) is 13.6. The first-order valence-corrected chi connectivity index (χ1v) is 7.01. The Bertz CT molecular complexity index is 208. The van der Waals surface area contributed by atoms with Gasteiger partial charge in [-0.25, -0.2) is 0 Å². The van der Waals surface area contributed by atoms with Crippen molar-refractivity contribution < 1.29 is 4.74 Å². The van der Waals surface area contributed by atoms with E-state index < -0.39 is 0 Å². The molecule has 3 nitrogen and oxygen atoms in total. The molecule has 3 heteroatoms. The van der Waals surface area contributed by atoms with Gasteiger partial charge in [-0.15, -0.1) is 0 Å². The van der Waals surface area contributed by atoms with Crippen LogP contribution in [-0.2, 0) is 4.74 Å². The zero-order valence-electron chi connectivity index (χ0n) is 12.2. The maximum Gasteiger partial charge on any atom is 0.0620 e. The Morgan fingerprint density at radius 1 is 1.35 bits per heavy atom. The Balaban J connectivity index is 2.62. The maximum absolute atomic E-state index is 5.40. The summed E-state index contributed by atoms with van der Waals surface area (Å²) in [5.74, 6) is 1.38. The van der Waals surface area contributed by atoms with Crippen LogP contribution >= 0.6 is 0 Å². The van der Waals surface area contributed by atoms with E-state index in [0.717, 1.165) is 19.1 Å². The Morgan fingerprint density at radius 2 is 2.06 bits per heavy atom. The van der Waals surface area contributed by atoms with Gasteiger partial charge >= 0.3 is 0 Å². The minimum Gasteiger partial charge on any atom is -0.383 e. The second-order valence-electron chi connectivity index (χ2n) is 5.96. The molecule has 102 valence electrons. The molecule has 0 saturated carbocycles. The van der Waals surface area contributed by atoms with Gasteiger partial charge < -0.3 is 10.1 Å². The number of rotatable bonds is 4. The summed E-state index contributed by atoms with van der Waals surface area (Å²) in [5.41, 5.74) is 0. The number of nitrogens with one attached hydrogen (secondary N) is 1. The predicted molar refractivity (Wildman–Crippen MR) is 73.3 cm³/mol. The second kappa shape index (κ2) is 7.34. The molecule has 1 aliphatic rings. The Hall–Kier alpha value is -0.120. The van der Waals surface area contributed by atoms with Crippen LogP contribution in [0.15, 0.2) is 0 Å². The fraction of sp³-hybridized carbons (Fsp3) is 1.00. The van der Waals surface area contributed by atoms with Crippen molar-refractivity contribution >= 4 is 0 Å². The molecule has 0 spiro atoms. The van der Waals surface area contributed by atoms with E-state index in [0.29, 0.717) is 18.0 Å². The van der Waals surface area contributed by atoms with Gasteiger partial charge in [-0.2, -0.15) is 0 Å². The third-order valence-corrected chi connectivity index (χ3v) is 3.79. The van der Waals surface area contributed by atoms with Gasteiger partial charge in [0.2, 0.25) is 0 Å². The first kappa shape index (κ1) is 14.9. The molecule has 0 aromatic carbocycles. The SMILES string of the molecule is COCC(C(C)C)N1CCC(C)NCC(C)C1. The van der Waals surface area contributed by atoms with Gasteiger partial charge in [0, 0.05) is 32.3 Å². The molecule has 0 radical (unpaired) electrons. The van der Waals surface area contributed by atoms with Crippen molar-refractivity contribution in [2.24, 2.45) is 11.8 Å². The van der Waals surface area contributed by atoms with E-state index in [1.54, 1.807) is 0 Å². The van der Waals surface area contributed by atoms with E-state index >= 15 is 0 Å². The van der Waals surface area contributed by atoms with Crippen LogP contribution in [0.3, 0.4) is 0 Å². The Labute approximate surface area is 107 Å². The monoisotopic (exact) mass is 242 g/mol. The zero-order valence-corrected chi connectivity index (χ0v) is 12.2. The van der Waals surface area contributed by atoms with Gasteiger partial charge in [0.25, 0.3) is 0 Å². The van der Waals surface area contributed by atoms with Gasteiger partial charge in [-0.1, -0.05) is 20.8 Å². The molecule has 1 heterocycles. The first-order valence-electron chi connectivity index (χ1n) is 7.01. The number of hydrogen-bond donors (Lipinski definition) is 1. The molecule has 0 bridgehead atoms. The van der Waals surface area contributed by atoms with E-state index in [4.69, 9.17) is 4.74 Å². The molecule has 1 N–H and O–H groups in total. The number of hydrogen-bond acceptors (Lipinski definition) is 3. The van der Waals surface area contributed by atoms with Gasteiger partial charge in [0.05, 0.1) is 6.61 Å². The molecular weight excluding hydrogens is 212 g/mol. The lowest BCUT2D eigenvalue weighted by atomic mass is 9.99. The van der Waals surface area contributed by atoms with Crippen molar-refractivity contribution in [2.75, 3.05) is 33.4 Å². The number of methoxy groups -OCH3 is 1. The number of ether oxygens (including phenoxy) is 1. The van der Waals surface area contributed by atoms with Crippen molar-refractivity contribution in [1.29, 1.82) is 0 Å². The summed E-state index contributed by atoms with van der Waals surface area (Å²) in [5, 5.41) is 3.60. The van der Waals surface area contributed by atoms with E-state index in [1.807, 2.05) is 7.11 Å². The molecule has 1 aliphatic heterocycles. The largest absolute Gasteiger partial charge is 0.383 e. The molecule has 0 aromatic rings. The van der Waals surface area contributed by atoms with Gasteiger partial charge in [0.1, 0.15) is 0 Å². The van der Waals surface area contributed by atoms with Crippen LogP contribution in [0.2, 0.25) is 0 Å². The van der Waals surface area contributed by atoms with Crippen LogP contribution in [0.1, 0.15) is 34.1 Å². The Kier molecular flexibility index (Phi) is 6.45. The van der Waals surface area contributed by atoms with Gasteiger partial charge in [-0.05, 0) is 31.7 Å². The lowest BCUT2D eigenvalue weighted by Gasteiger charge is -2.38. The highest BCUT2D eigenvalue weighted by Crippen LogP contribution is 2.16. The molecular formula is C14H30N2O. The fourth-order valence-corrected chi connectivity index (χ4v) is 2.61. The van der Waals surface area contributed by atoms with Crippen LogP contribution in [0.25, 0.3) is 0 Å². The molecule has 17 heavy (non-hydrogen) atoms. The van der Waals surface area contributed by atoms with E-state index in [2.05, 4.69) is 37.9 Å². The molecule has 3 atom stereocenters. The summed E-state index contributed by atoms with van der Waals surface area (Å²) in [7, 11) is 1.81. The standard InChI is InChI=1S/C14H30N2O/c1-11(2)14(10-17-5)16-7-6-13(4)15-8-12(3)9-16/h11-15H,6-10H2,1-5H3. The van der Waals surface area contributed by atoms with E-state index in [9.17, 15) is 0 Å². The van der Waals surface area contributed by atoms with Crippen LogP contribution in [0.5, 0.6) is 0 Å². The summed E-state index contributed by atoms with van der Waals surface area (Å²) in [6, 6.07) is 1.20. The molecule has 1 saturated heterocycles. The highest BCUT2D eigenvalue weighted by molar-refractivity contribution is 4.80. The minimum absolute atomic E-state index is 0.563. The third-order valence-electron chi connectivity index (χ3n) is 3.79. The molecule has 3 unspecified atom stereocenters. The maximum atomic E-state index is 5.40. The van der Waals surface area contributed by atoms with Crippen LogP contribution in [-0.4, -0.2) is 50.3 Å². The van der Waals surface area contributed by atoms with Gasteiger partial charge in [0.15, 0.2) is 0 Å². The predicted octanol–water partition coefficient (Wildman–Crippen LogP) is 1.98. The lowest BCUT2D eigenvalue weighted by molar-refractivity contribution is 0.0483. The zero-order chi connectivity index (χ0) is 12.8. The van der Waals surface area contributed by atoms with Crippen molar-refractivity contribution in [3.8, 4) is 0 Å². The molecule has 1 rings (SSSR count). The minimum atomic E-state index is 0.563. The van der Waals surface area contributed by atoms with Crippen molar-refractivity contribution in [2.45, 2.75) is 46.2 Å². The first-order chi connectivity index (χ1) is 8.04. The van der Waals surface area contributed by atoms with Crippen molar-refractivity contribution in [3.63, 3.8) is 0 Å².